The molecule has 1 saturated heterocycles. The van der Waals surface area contributed by atoms with Crippen molar-refractivity contribution < 1.29 is 23.5 Å². The average molecular weight is 508 g/mol. The van der Waals surface area contributed by atoms with E-state index < -0.39 is 23.2 Å². The average Bonchev–Trinajstić information content (AvgIpc) is 3.12. The Labute approximate surface area is 214 Å². The summed E-state index contributed by atoms with van der Waals surface area (Å²) in [5, 5.41) is 5.77. The predicted molar refractivity (Wildman–Crippen MR) is 138 cm³/mol. The Bertz CT molecular complexity index is 1250. The molecule has 1 fully saturated rings. The zero-order chi connectivity index (χ0) is 25.7. The molecule has 0 radical (unpaired) electrons. The molecule has 1 aliphatic rings. The third kappa shape index (κ3) is 5.16. The normalized spacial score (nSPS) is 17.0. The minimum Gasteiger partial charge on any atom is -0.497 e. The summed E-state index contributed by atoms with van der Waals surface area (Å²) in [6.45, 7) is 0.358. The van der Waals surface area contributed by atoms with Crippen LogP contribution in [0.1, 0.15) is 17.5 Å². The van der Waals surface area contributed by atoms with Crippen LogP contribution in [0.25, 0.3) is 0 Å². The van der Waals surface area contributed by atoms with Crippen molar-refractivity contribution in [2.75, 3.05) is 26.1 Å². The van der Waals surface area contributed by atoms with Crippen molar-refractivity contribution in [3.8, 4) is 11.5 Å². The number of carbonyl (C=O) groups excluding carboxylic acids is 2. The van der Waals surface area contributed by atoms with Gasteiger partial charge in [-0.25, -0.2) is 4.39 Å². The number of hydrogen-bond acceptors (Lipinski definition) is 5. The number of methoxy groups -OCH3 is 2. The Morgan fingerprint density at radius 3 is 2.14 bits per heavy atom. The maximum absolute atomic E-state index is 13.8. The molecule has 3 aromatic rings. The second-order valence-electron chi connectivity index (χ2n) is 8.33. The molecule has 0 aromatic heterocycles. The van der Waals surface area contributed by atoms with Gasteiger partial charge in [-0.15, -0.1) is 0 Å². The third-order valence-electron chi connectivity index (χ3n) is 6.20. The third-order valence-corrected chi connectivity index (χ3v) is 6.52. The minimum atomic E-state index is -1.44. The van der Waals surface area contributed by atoms with E-state index >= 15 is 0 Å². The molecule has 3 aromatic carbocycles. The first-order chi connectivity index (χ1) is 17.3. The number of rotatable bonds is 9. The lowest BCUT2D eigenvalue weighted by molar-refractivity contribution is -0.131. The molecule has 4 rings (SSSR count). The van der Waals surface area contributed by atoms with Gasteiger partial charge in [-0.1, -0.05) is 24.3 Å². The lowest BCUT2D eigenvalue weighted by Gasteiger charge is -2.36. The van der Waals surface area contributed by atoms with Gasteiger partial charge in [0, 0.05) is 12.2 Å². The van der Waals surface area contributed by atoms with Gasteiger partial charge in [-0.3, -0.25) is 9.59 Å². The van der Waals surface area contributed by atoms with E-state index in [1.54, 1.807) is 43.4 Å². The van der Waals surface area contributed by atoms with Crippen LogP contribution >= 0.6 is 12.2 Å². The van der Waals surface area contributed by atoms with Crippen LogP contribution in [0.2, 0.25) is 0 Å². The van der Waals surface area contributed by atoms with Crippen molar-refractivity contribution in [3.05, 3.63) is 89.7 Å². The summed E-state index contributed by atoms with van der Waals surface area (Å²) in [7, 11) is 3.16. The van der Waals surface area contributed by atoms with Gasteiger partial charge in [0.2, 0.25) is 5.91 Å². The van der Waals surface area contributed by atoms with E-state index in [4.69, 9.17) is 21.7 Å². The molecule has 0 spiro atoms. The molecule has 1 atom stereocenters. The smallest absolute Gasteiger partial charge is 0.257 e. The van der Waals surface area contributed by atoms with Crippen molar-refractivity contribution in [2.24, 2.45) is 0 Å². The van der Waals surface area contributed by atoms with Crippen LogP contribution in [0.15, 0.2) is 72.8 Å². The van der Waals surface area contributed by atoms with Crippen molar-refractivity contribution >= 4 is 34.8 Å². The fourth-order valence-corrected chi connectivity index (χ4v) is 4.63. The summed E-state index contributed by atoms with van der Waals surface area (Å²) in [5.74, 6) is 0.129. The van der Waals surface area contributed by atoms with Crippen molar-refractivity contribution in [1.82, 2.24) is 10.2 Å². The zero-order valence-electron chi connectivity index (χ0n) is 19.9. The van der Waals surface area contributed by atoms with Crippen LogP contribution in [0.3, 0.4) is 0 Å². The fourth-order valence-electron chi connectivity index (χ4n) is 4.29. The van der Waals surface area contributed by atoms with E-state index in [9.17, 15) is 14.0 Å². The summed E-state index contributed by atoms with van der Waals surface area (Å²) in [5.41, 5.74) is 0.601. The summed E-state index contributed by atoms with van der Waals surface area (Å²) in [4.78, 5) is 28.4. The van der Waals surface area contributed by atoms with E-state index in [1.165, 1.54) is 24.3 Å². The number of nitrogens with one attached hydrogen (secondary N) is 2. The minimum absolute atomic E-state index is 0.218. The first-order valence-corrected chi connectivity index (χ1v) is 11.7. The molecule has 1 heterocycles. The number of carbonyl (C=O) groups is 2. The van der Waals surface area contributed by atoms with Gasteiger partial charge >= 0.3 is 0 Å². The molecule has 0 aliphatic carbocycles. The fraction of sp³-hybridized carbons (Fsp3) is 0.222. The first kappa shape index (κ1) is 25.1. The van der Waals surface area contributed by atoms with Crippen LogP contribution in [-0.2, 0) is 21.5 Å². The number of benzene rings is 3. The Morgan fingerprint density at radius 1 is 0.972 bits per heavy atom. The van der Waals surface area contributed by atoms with Crippen LogP contribution in [0, 0.1) is 5.82 Å². The Balaban J connectivity index is 1.64. The van der Waals surface area contributed by atoms with Crippen molar-refractivity contribution in [3.63, 3.8) is 0 Å². The molecule has 0 bridgehead atoms. The van der Waals surface area contributed by atoms with E-state index in [1.807, 2.05) is 24.3 Å². The molecular formula is C27H26FN3O4S. The number of thiocarbonyl (C=S) groups is 1. The van der Waals surface area contributed by atoms with Crippen LogP contribution < -0.4 is 20.1 Å². The maximum atomic E-state index is 13.8. The SMILES string of the molecule is COc1ccc(CCN2C(=S)NC(=O)C2(CC(=O)Nc2ccc(OC)cc2)c2ccc(F)cc2)cc1. The highest BCUT2D eigenvalue weighted by molar-refractivity contribution is 7.80. The highest BCUT2D eigenvalue weighted by atomic mass is 32.1. The number of halogens is 1. The molecule has 1 unspecified atom stereocenters. The van der Waals surface area contributed by atoms with Gasteiger partial charge < -0.3 is 25.0 Å². The molecule has 186 valence electrons. The topological polar surface area (TPSA) is 79.9 Å². The quantitative estimate of drug-likeness (QED) is 0.426. The zero-order valence-corrected chi connectivity index (χ0v) is 20.7. The lowest BCUT2D eigenvalue weighted by Crippen LogP contribution is -2.50. The second-order valence-corrected chi connectivity index (χ2v) is 8.72. The molecule has 36 heavy (non-hydrogen) atoms. The highest BCUT2D eigenvalue weighted by Gasteiger charge is 2.53. The predicted octanol–water partition coefficient (Wildman–Crippen LogP) is 4.03. The number of hydrogen-bond donors (Lipinski definition) is 2. The van der Waals surface area contributed by atoms with Gasteiger partial charge in [-0.2, -0.15) is 0 Å². The van der Waals surface area contributed by atoms with Gasteiger partial charge in [0.05, 0.1) is 20.6 Å². The van der Waals surface area contributed by atoms with Crippen LogP contribution in [0.5, 0.6) is 11.5 Å². The molecular weight excluding hydrogens is 481 g/mol. The number of ether oxygens (including phenoxy) is 2. The molecule has 9 heteroatoms. The molecule has 7 nitrogen and oxygen atoms in total. The van der Waals surface area contributed by atoms with Gasteiger partial charge in [-0.05, 0) is 78.3 Å². The number of anilines is 1. The van der Waals surface area contributed by atoms with Crippen LogP contribution in [0.4, 0.5) is 10.1 Å². The molecule has 2 N–H and O–H groups in total. The van der Waals surface area contributed by atoms with Crippen LogP contribution in [-0.4, -0.2) is 42.6 Å². The Kier molecular flexibility index (Phi) is 7.49. The summed E-state index contributed by atoms with van der Waals surface area (Å²) in [6, 6.07) is 20.0. The summed E-state index contributed by atoms with van der Waals surface area (Å²) in [6.07, 6.45) is 0.335. The second kappa shape index (κ2) is 10.7. The maximum Gasteiger partial charge on any atom is 0.257 e. The Hall–Kier alpha value is -3.98. The lowest BCUT2D eigenvalue weighted by atomic mass is 9.84. The van der Waals surface area contributed by atoms with E-state index in [0.717, 1.165) is 11.3 Å². The van der Waals surface area contributed by atoms with E-state index in [-0.39, 0.29) is 11.5 Å². The highest BCUT2D eigenvalue weighted by Crippen LogP contribution is 2.37. The molecule has 0 saturated carbocycles. The molecule has 1 aliphatic heterocycles. The van der Waals surface area contributed by atoms with Crippen molar-refractivity contribution in [2.45, 2.75) is 18.4 Å². The summed E-state index contributed by atoms with van der Waals surface area (Å²) < 4.78 is 24.1. The van der Waals surface area contributed by atoms with Gasteiger partial charge in [0.15, 0.2) is 10.7 Å². The standard InChI is InChI=1S/C27H26FN3O4S/c1-34-22-11-3-18(4-12-22)15-16-31-26(36)30-25(33)27(31,19-5-7-20(28)8-6-19)17-24(32)29-21-9-13-23(35-2)14-10-21/h3-14H,15-17H2,1-2H3,(H,29,32)(H,30,33,36). The Morgan fingerprint density at radius 2 is 1.56 bits per heavy atom. The van der Waals surface area contributed by atoms with Gasteiger partial charge in [0.25, 0.3) is 5.91 Å². The largest absolute Gasteiger partial charge is 0.497 e. The molecule has 2 amide bonds. The first-order valence-electron chi connectivity index (χ1n) is 11.3. The van der Waals surface area contributed by atoms with Gasteiger partial charge in [0.1, 0.15) is 17.3 Å². The summed E-state index contributed by atoms with van der Waals surface area (Å²) >= 11 is 5.51. The van der Waals surface area contributed by atoms with E-state index in [2.05, 4.69) is 10.6 Å². The number of nitrogens with zero attached hydrogens (tertiary/aromatic N) is 1. The van der Waals surface area contributed by atoms with E-state index in [0.29, 0.717) is 30.0 Å². The van der Waals surface area contributed by atoms with Crippen molar-refractivity contribution in [1.29, 1.82) is 0 Å². The number of amides is 2. The monoisotopic (exact) mass is 507 g/mol.